The standard InChI is InChI=1S/C28H32N2O5/c1-17(26(31)30-24-13-7-2-8-18(24)14-15-25(30)27(32)33)29-28(34)35-16-23-21-11-5-3-9-19(21)20-10-4-6-12-22(20)23/h3-6,9-12,17-18,23-25H,2,7-8,13-16H2,1H3,(H,29,34)(H,32,33). The molecule has 2 amide bonds. The molecule has 4 atom stereocenters. The van der Waals surface area contributed by atoms with E-state index in [1.54, 1.807) is 11.8 Å². The van der Waals surface area contributed by atoms with Gasteiger partial charge in [0, 0.05) is 12.0 Å². The van der Waals surface area contributed by atoms with Gasteiger partial charge in [0.2, 0.25) is 5.91 Å². The van der Waals surface area contributed by atoms with Crippen molar-refractivity contribution in [3.05, 3.63) is 59.7 Å². The number of carbonyl (C=O) groups excluding carboxylic acids is 2. The molecule has 35 heavy (non-hydrogen) atoms. The Hall–Kier alpha value is -3.35. The van der Waals surface area contributed by atoms with Crippen molar-refractivity contribution in [2.24, 2.45) is 5.92 Å². The number of carboxylic acids is 1. The monoisotopic (exact) mass is 476 g/mol. The molecule has 2 aliphatic carbocycles. The van der Waals surface area contributed by atoms with Gasteiger partial charge in [-0.05, 0) is 60.8 Å². The second-order valence-electron chi connectivity index (χ2n) is 9.98. The van der Waals surface area contributed by atoms with Crippen LogP contribution in [0.1, 0.15) is 62.5 Å². The molecule has 0 bridgehead atoms. The van der Waals surface area contributed by atoms with Gasteiger partial charge in [0.25, 0.3) is 0 Å². The molecule has 2 aromatic carbocycles. The Bertz CT molecular complexity index is 1090. The van der Waals surface area contributed by atoms with Crippen molar-refractivity contribution >= 4 is 18.0 Å². The molecular weight excluding hydrogens is 444 g/mol. The molecule has 2 N–H and O–H groups in total. The van der Waals surface area contributed by atoms with E-state index < -0.39 is 24.1 Å². The highest BCUT2D eigenvalue weighted by molar-refractivity contribution is 5.89. The number of benzene rings is 2. The highest BCUT2D eigenvalue weighted by Gasteiger charge is 2.45. The number of fused-ring (bicyclic) bond motifs is 4. The number of alkyl carbamates (subject to hydrolysis) is 1. The van der Waals surface area contributed by atoms with Crippen LogP contribution in [0.25, 0.3) is 11.1 Å². The van der Waals surface area contributed by atoms with Crippen molar-refractivity contribution in [1.82, 2.24) is 10.2 Å². The van der Waals surface area contributed by atoms with Crippen molar-refractivity contribution in [2.45, 2.75) is 69.5 Å². The van der Waals surface area contributed by atoms with Crippen LogP contribution in [0.15, 0.2) is 48.5 Å². The summed E-state index contributed by atoms with van der Waals surface area (Å²) >= 11 is 0. The molecule has 1 heterocycles. The van der Waals surface area contributed by atoms with Crippen LogP contribution < -0.4 is 5.32 Å². The van der Waals surface area contributed by atoms with Crippen LogP contribution in [-0.4, -0.2) is 52.7 Å². The molecular formula is C28H32N2O5. The summed E-state index contributed by atoms with van der Waals surface area (Å²) in [7, 11) is 0. The number of ether oxygens (including phenoxy) is 1. The first-order valence-corrected chi connectivity index (χ1v) is 12.6. The van der Waals surface area contributed by atoms with Gasteiger partial charge in [-0.2, -0.15) is 0 Å². The maximum atomic E-state index is 13.4. The molecule has 1 aliphatic heterocycles. The van der Waals surface area contributed by atoms with Gasteiger partial charge in [-0.15, -0.1) is 0 Å². The van der Waals surface area contributed by atoms with Gasteiger partial charge in [-0.1, -0.05) is 61.4 Å². The van der Waals surface area contributed by atoms with Gasteiger partial charge < -0.3 is 20.1 Å². The minimum Gasteiger partial charge on any atom is -0.480 e. The highest BCUT2D eigenvalue weighted by Crippen LogP contribution is 2.44. The number of amides is 2. The minimum absolute atomic E-state index is 0.0689. The molecule has 184 valence electrons. The SMILES string of the molecule is CC(NC(=O)OCC1c2ccccc2-c2ccccc21)C(=O)N1C(C(=O)O)CCC2CCCCC21. The van der Waals surface area contributed by atoms with E-state index in [0.717, 1.165) is 54.4 Å². The first-order valence-electron chi connectivity index (χ1n) is 12.6. The number of hydrogen-bond donors (Lipinski definition) is 2. The Labute approximate surface area is 205 Å². The van der Waals surface area contributed by atoms with Gasteiger partial charge in [-0.3, -0.25) is 4.79 Å². The van der Waals surface area contributed by atoms with E-state index >= 15 is 0 Å². The summed E-state index contributed by atoms with van der Waals surface area (Å²) in [5, 5.41) is 12.4. The van der Waals surface area contributed by atoms with Gasteiger partial charge >= 0.3 is 12.1 Å². The molecule has 0 spiro atoms. The summed E-state index contributed by atoms with van der Waals surface area (Å²) in [5.41, 5.74) is 4.53. The fourth-order valence-corrected chi connectivity index (χ4v) is 6.29. The maximum Gasteiger partial charge on any atom is 0.407 e. The van der Waals surface area contributed by atoms with Crippen molar-refractivity contribution in [3.63, 3.8) is 0 Å². The molecule has 5 rings (SSSR count). The third kappa shape index (κ3) is 4.40. The Balaban J connectivity index is 1.25. The number of nitrogens with one attached hydrogen (secondary N) is 1. The number of likely N-dealkylation sites (tertiary alicyclic amines) is 1. The predicted molar refractivity (Wildman–Crippen MR) is 131 cm³/mol. The van der Waals surface area contributed by atoms with E-state index in [1.165, 1.54) is 0 Å². The van der Waals surface area contributed by atoms with Crippen LogP contribution >= 0.6 is 0 Å². The Morgan fingerprint density at radius 2 is 1.60 bits per heavy atom. The molecule has 1 saturated heterocycles. The normalized spacial score (nSPS) is 24.0. The second kappa shape index (κ2) is 9.72. The fraction of sp³-hybridized carbons (Fsp3) is 0.464. The molecule has 2 aromatic rings. The largest absolute Gasteiger partial charge is 0.480 e. The van der Waals surface area contributed by atoms with Crippen LogP contribution in [-0.2, 0) is 14.3 Å². The number of rotatable bonds is 5. The number of carboxylic acid groups (broad SMARTS) is 1. The van der Waals surface area contributed by atoms with Gasteiger partial charge in [0.1, 0.15) is 18.7 Å². The van der Waals surface area contributed by atoms with E-state index in [4.69, 9.17) is 4.74 Å². The maximum absolute atomic E-state index is 13.4. The molecule has 1 saturated carbocycles. The average molecular weight is 477 g/mol. The number of carbonyl (C=O) groups is 3. The lowest BCUT2D eigenvalue weighted by Gasteiger charge is -2.47. The summed E-state index contributed by atoms with van der Waals surface area (Å²) in [6.07, 6.45) is 4.57. The van der Waals surface area contributed by atoms with E-state index in [2.05, 4.69) is 29.6 Å². The van der Waals surface area contributed by atoms with Crippen molar-refractivity contribution < 1.29 is 24.2 Å². The van der Waals surface area contributed by atoms with Gasteiger partial charge in [0.15, 0.2) is 0 Å². The molecule has 0 radical (unpaired) electrons. The molecule has 2 fully saturated rings. The lowest BCUT2D eigenvalue weighted by molar-refractivity contribution is -0.159. The number of aliphatic carboxylic acids is 1. The summed E-state index contributed by atoms with van der Waals surface area (Å²) in [4.78, 5) is 39.6. The van der Waals surface area contributed by atoms with E-state index in [9.17, 15) is 19.5 Å². The van der Waals surface area contributed by atoms with Crippen LogP contribution in [0.4, 0.5) is 4.79 Å². The van der Waals surface area contributed by atoms with E-state index in [0.29, 0.717) is 12.3 Å². The first-order chi connectivity index (χ1) is 17.0. The molecule has 0 aromatic heterocycles. The van der Waals surface area contributed by atoms with Crippen molar-refractivity contribution in [1.29, 1.82) is 0 Å². The smallest absolute Gasteiger partial charge is 0.407 e. The van der Waals surface area contributed by atoms with Crippen molar-refractivity contribution in [3.8, 4) is 11.1 Å². The predicted octanol–water partition coefficient (Wildman–Crippen LogP) is 4.55. The molecule has 7 nitrogen and oxygen atoms in total. The Kier molecular flexibility index (Phi) is 6.50. The fourth-order valence-electron chi connectivity index (χ4n) is 6.29. The Morgan fingerprint density at radius 3 is 2.26 bits per heavy atom. The van der Waals surface area contributed by atoms with Crippen LogP contribution in [0.3, 0.4) is 0 Å². The van der Waals surface area contributed by atoms with Gasteiger partial charge in [0.05, 0.1) is 0 Å². The van der Waals surface area contributed by atoms with Crippen molar-refractivity contribution in [2.75, 3.05) is 6.61 Å². The highest BCUT2D eigenvalue weighted by atomic mass is 16.5. The molecule has 3 aliphatic rings. The quantitative estimate of drug-likeness (QED) is 0.660. The summed E-state index contributed by atoms with van der Waals surface area (Å²) in [6, 6.07) is 14.4. The average Bonchev–Trinajstić information content (AvgIpc) is 3.20. The zero-order chi connectivity index (χ0) is 24.5. The van der Waals surface area contributed by atoms with E-state index in [-0.39, 0.29) is 24.5 Å². The third-order valence-corrected chi connectivity index (χ3v) is 7.96. The summed E-state index contributed by atoms with van der Waals surface area (Å²) < 4.78 is 5.59. The van der Waals surface area contributed by atoms with Crippen LogP contribution in [0, 0.1) is 5.92 Å². The minimum atomic E-state index is -0.976. The Morgan fingerprint density at radius 1 is 0.971 bits per heavy atom. The van der Waals surface area contributed by atoms with Crippen LogP contribution in [0.5, 0.6) is 0 Å². The van der Waals surface area contributed by atoms with E-state index in [1.807, 2.05) is 24.3 Å². The topological polar surface area (TPSA) is 95.9 Å². The molecule has 7 heteroatoms. The third-order valence-electron chi connectivity index (χ3n) is 7.96. The lowest BCUT2D eigenvalue weighted by atomic mass is 9.76. The van der Waals surface area contributed by atoms with Gasteiger partial charge in [-0.25, -0.2) is 9.59 Å². The lowest BCUT2D eigenvalue weighted by Crippen LogP contribution is -2.61. The zero-order valence-corrected chi connectivity index (χ0v) is 20.0. The first kappa shape index (κ1) is 23.4. The second-order valence-corrected chi connectivity index (χ2v) is 9.98. The zero-order valence-electron chi connectivity index (χ0n) is 20.0. The molecule has 4 unspecified atom stereocenters. The number of piperidine rings is 1. The summed E-state index contributed by atoms with van der Waals surface area (Å²) in [6.45, 7) is 1.77. The summed E-state index contributed by atoms with van der Waals surface area (Å²) in [5.74, 6) is -1.05. The number of nitrogens with zero attached hydrogens (tertiary/aromatic N) is 1. The number of hydrogen-bond acceptors (Lipinski definition) is 4. The van der Waals surface area contributed by atoms with Crippen LogP contribution in [0.2, 0.25) is 0 Å².